The molecule has 0 radical (unpaired) electrons. The van der Waals surface area contributed by atoms with E-state index >= 15 is 0 Å². The fourth-order valence-electron chi connectivity index (χ4n) is 3.47. The lowest BCUT2D eigenvalue weighted by Gasteiger charge is -2.20. The van der Waals surface area contributed by atoms with Crippen LogP contribution in [0.1, 0.15) is 30.0 Å². The summed E-state index contributed by atoms with van der Waals surface area (Å²) < 4.78 is 11.1. The molecule has 3 aromatic rings. The topological polar surface area (TPSA) is 109 Å². The molecule has 0 aliphatic carbocycles. The van der Waals surface area contributed by atoms with E-state index in [0.717, 1.165) is 23.1 Å². The lowest BCUT2D eigenvalue weighted by atomic mass is 10.0. The summed E-state index contributed by atoms with van der Waals surface area (Å²) in [6, 6.07) is 13.5. The highest BCUT2D eigenvalue weighted by Gasteiger charge is 2.17. The van der Waals surface area contributed by atoms with Crippen LogP contribution in [0.5, 0.6) is 5.75 Å². The summed E-state index contributed by atoms with van der Waals surface area (Å²) in [4.78, 5) is 35.8. The van der Waals surface area contributed by atoms with E-state index in [1.807, 2.05) is 44.2 Å². The lowest BCUT2D eigenvalue weighted by molar-refractivity contribution is -0.307. The van der Waals surface area contributed by atoms with E-state index in [-0.39, 0.29) is 12.4 Å². The first kappa shape index (κ1) is 24.4. The molecule has 0 aliphatic rings. The monoisotopic (exact) mass is 468 g/mol. The summed E-state index contributed by atoms with van der Waals surface area (Å²) in [6.45, 7) is 3.45. The van der Waals surface area contributed by atoms with Crippen LogP contribution in [0.15, 0.2) is 57.7 Å². The number of benzene rings is 2. The van der Waals surface area contributed by atoms with Crippen LogP contribution >= 0.6 is 11.8 Å². The highest BCUT2D eigenvalue weighted by Crippen LogP contribution is 2.30. The van der Waals surface area contributed by atoms with Gasteiger partial charge in [0.05, 0.1) is 17.4 Å². The lowest BCUT2D eigenvalue weighted by Crippen LogP contribution is -2.50. The Kier molecular flexibility index (Phi) is 8.54. The molecule has 0 fully saturated rings. The zero-order valence-corrected chi connectivity index (χ0v) is 19.4. The van der Waals surface area contributed by atoms with Gasteiger partial charge < -0.3 is 24.4 Å². The summed E-state index contributed by atoms with van der Waals surface area (Å²) >= 11 is 1.39. The van der Waals surface area contributed by atoms with Crippen molar-refractivity contribution in [1.82, 2.24) is 5.32 Å². The third kappa shape index (κ3) is 6.86. The number of carboxylic acids is 1. The number of nitrogens with one attached hydrogen (secondary N) is 1. The molecular weight excluding hydrogens is 442 g/mol. The van der Waals surface area contributed by atoms with Crippen molar-refractivity contribution in [2.24, 2.45) is 0 Å². The van der Waals surface area contributed by atoms with E-state index in [1.165, 1.54) is 17.8 Å². The molecule has 3 rings (SSSR count). The van der Waals surface area contributed by atoms with Crippen LogP contribution in [0.4, 0.5) is 0 Å². The Labute approximate surface area is 196 Å². The molecule has 1 N–H and O–H groups in total. The minimum Gasteiger partial charge on any atom is -0.548 e. The molecule has 0 saturated carbocycles. The average Bonchev–Trinajstić information content (AvgIpc) is 2.77. The van der Waals surface area contributed by atoms with Gasteiger partial charge in [-0.2, -0.15) is 11.8 Å². The number of fused-ring (bicyclic) bond motifs is 1. The predicted octanol–water partition coefficient (Wildman–Crippen LogP) is 2.60. The van der Waals surface area contributed by atoms with Gasteiger partial charge in [0.15, 0.2) is 6.61 Å². The van der Waals surface area contributed by atoms with Gasteiger partial charge in [0, 0.05) is 17.6 Å². The fraction of sp³-hybridized carbons (Fsp3) is 0.320. The van der Waals surface area contributed by atoms with Gasteiger partial charge in [-0.05, 0) is 42.2 Å². The number of carbonyl (C=O) groups excluding carboxylic acids is 2. The van der Waals surface area contributed by atoms with Gasteiger partial charge in [-0.25, -0.2) is 4.79 Å². The van der Waals surface area contributed by atoms with Crippen molar-refractivity contribution in [2.45, 2.75) is 38.5 Å². The van der Waals surface area contributed by atoms with Crippen LogP contribution in [0.2, 0.25) is 0 Å². The Morgan fingerprint density at radius 1 is 1.18 bits per heavy atom. The first-order valence-electron chi connectivity index (χ1n) is 10.7. The fourth-order valence-corrected chi connectivity index (χ4v) is 4.47. The van der Waals surface area contributed by atoms with E-state index in [1.54, 1.807) is 12.1 Å². The molecule has 33 heavy (non-hydrogen) atoms. The number of aryl methyl sites for hydroxylation is 2. The van der Waals surface area contributed by atoms with E-state index in [0.29, 0.717) is 28.9 Å². The number of hydrogen-bond donors (Lipinski definition) is 1. The molecular formula is C25H26NO6S-. The highest BCUT2D eigenvalue weighted by atomic mass is 32.2. The zero-order valence-electron chi connectivity index (χ0n) is 18.6. The molecule has 1 aromatic heterocycles. The van der Waals surface area contributed by atoms with Crippen molar-refractivity contribution in [2.75, 3.05) is 12.4 Å². The molecule has 1 heterocycles. The van der Waals surface area contributed by atoms with Gasteiger partial charge in [-0.1, -0.05) is 43.7 Å². The minimum absolute atomic E-state index is 0.169. The third-order valence-electron chi connectivity index (χ3n) is 4.93. The Morgan fingerprint density at radius 2 is 1.94 bits per heavy atom. The first-order chi connectivity index (χ1) is 15.9. The smallest absolute Gasteiger partial charge is 0.336 e. The summed E-state index contributed by atoms with van der Waals surface area (Å²) in [5.41, 5.74) is 2.61. The number of rotatable bonds is 11. The number of amides is 1. The van der Waals surface area contributed by atoms with Crippen molar-refractivity contribution >= 4 is 34.6 Å². The van der Waals surface area contributed by atoms with Crippen molar-refractivity contribution in [3.8, 4) is 5.75 Å². The molecule has 1 amide bonds. The number of aliphatic carboxylic acids is 1. The van der Waals surface area contributed by atoms with E-state index in [9.17, 15) is 19.5 Å². The minimum atomic E-state index is -1.35. The summed E-state index contributed by atoms with van der Waals surface area (Å²) in [6.07, 6.45) is 1.47. The van der Waals surface area contributed by atoms with Crippen LogP contribution in [-0.4, -0.2) is 30.3 Å². The van der Waals surface area contributed by atoms with Crippen LogP contribution in [0.3, 0.4) is 0 Å². The summed E-state index contributed by atoms with van der Waals surface area (Å²) in [7, 11) is 0. The molecule has 0 aliphatic heterocycles. The molecule has 0 unspecified atom stereocenters. The normalized spacial score (nSPS) is 11.8. The van der Waals surface area contributed by atoms with Crippen LogP contribution < -0.4 is 20.8 Å². The second kappa shape index (κ2) is 11.6. The van der Waals surface area contributed by atoms with Crippen LogP contribution in [-0.2, 0) is 21.8 Å². The Balaban J connectivity index is 1.66. The zero-order chi connectivity index (χ0) is 23.8. The van der Waals surface area contributed by atoms with E-state index in [4.69, 9.17) is 9.15 Å². The van der Waals surface area contributed by atoms with Gasteiger partial charge in [0.25, 0.3) is 5.91 Å². The Morgan fingerprint density at radius 3 is 2.64 bits per heavy atom. The predicted molar refractivity (Wildman–Crippen MR) is 126 cm³/mol. The maximum atomic E-state index is 12.4. The maximum Gasteiger partial charge on any atom is 0.336 e. The van der Waals surface area contributed by atoms with Gasteiger partial charge >= 0.3 is 5.63 Å². The molecule has 8 heteroatoms. The standard InChI is InChI=1S/C25H27NO6S/c1-3-7-18-12-23(28)32-21-11-16(2)10-20(24(18)21)31-13-22(27)26-19(25(29)30)15-33-14-17-8-5-4-6-9-17/h4-6,8-12,19H,3,7,13-15H2,1-2H3,(H,26,27)(H,29,30)/p-1/t19-/m0/s1. The van der Waals surface area contributed by atoms with Gasteiger partial charge in [0.2, 0.25) is 0 Å². The Hall–Kier alpha value is -3.26. The molecule has 174 valence electrons. The van der Waals surface area contributed by atoms with E-state index < -0.39 is 23.5 Å². The number of ether oxygens (including phenoxy) is 1. The molecule has 0 spiro atoms. The van der Waals surface area contributed by atoms with Crippen molar-refractivity contribution in [3.63, 3.8) is 0 Å². The second-order valence-electron chi connectivity index (χ2n) is 7.71. The first-order valence-corrected chi connectivity index (χ1v) is 11.8. The number of hydrogen-bond acceptors (Lipinski definition) is 7. The third-order valence-corrected chi connectivity index (χ3v) is 6.03. The van der Waals surface area contributed by atoms with Crippen molar-refractivity contribution < 1.29 is 23.8 Å². The van der Waals surface area contributed by atoms with Crippen LogP contribution in [0, 0.1) is 6.92 Å². The molecule has 1 atom stereocenters. The molecule has 7 nitrogen and oxygen atoms in total. The second-order valence-corrected chi connectivity index (χ2v) is 8.74. The van der Waals surface area contributed by atoms with Crippen LogP contribution in [0.25, 0.3) is 11.0 Å². The van der Waals surface area contributed by atoms with Crippen molar-refractivity contribution in [1.29, 1.82) is 0 Å². The average molecular weight is 469 g/mol. The number of carboxylic acid groups (broad SMARTS) is 1. The van der Waals surface area contributed by atoms with Gasteiger partial charge in [-0.15, -0.1) is 0 Å². The van der Waals surface area contributed by atoms with E-state index in [2.05, 4.69) is 5.32 Å². The number of carbonyl (C=O) groups is 2. The van der Waals surface area contributed by atoms with Gasteiger partial charge in [-0.3, -0.25) is 4.79 Å². The summed E-state index contributed by atoms with van der Waals surface area (Å²) in [5.74, 6) is -0.721. The summed E-state index contributed by atoms with van der Waals surface area (Å²) in [5, 5.41) is 14.6. The maximum absolute atomic E-state index is 12.4. The number of thioether (sulfide) groups is 1. The molecule has 0 bridgehead atoms. The van der Waals surface area contributed by atoms with Crippen molar-refractivity contribution in [3.05, 3.63) is 75.6 Å². The quantitative estimate of drug-likeness (QED) is 0.431. The highest BCUT2D eigenvalue weighted by molar-refractivity contribution is 7.98. The Bertz CT molecular complexity index is 1170. The molecule has 2 aromatic carbocycles. The largest absolute Gasteiger partial charge is 0.548 e. The van der Waals surface area contributed by atoms with Gasteiger partial charge in [0.1, 0.15) is 11.3 Å². The SMILES string of the molecule is CCCc1cc(=O)oc2cc(C)cc(OCC(=O)N[C@@H](CSCc3ccccc3)C(=O)[O-])c12. The molecule has 0 saturated heterocycles.